The summed E-state index contributed by atoms with van der Waals surface area (Å²) in [4.78, 5) is 4.65. The Bertz CT molecular complexity index is 906. The van der Waals surface area contributed by atoms with Crippen molar-refractivity contribution < 1.29 is 5.11 Å². The maximum atomic E-state index is 9.34. The van der Waals surface area contributed by atoms with Crippen LogP contribution in [0.3, 0.4) is 0 Å². The number of phenols is 1. The molecule has 0 saturated heterocycles. The first kappa shape index (κ1) is 23.5. The van der Waals surface area contributed by atoms with E-state index in [4.69, 9.17) is 0 Å². The lowest BCUT2D eigenvalue weighted by Gasteiger charge is -2.05. The first-order chi connectivity index (χ1) is 13.4. The molecule has 0 radical (unpaired) electrons. The summed E-state index contributed by atoms with van der Waals surface area (Å²) in [6.07, 6.45) is 2.17. The quantitative estimate of drug-likeness (QED) is 0.525. The lowest BCUT2D eigenvalue weighted by Crippen LogP contribution is -2.01. The second kappa shape index (κ2) is 11.3. The van der Waals surface area contributed by atoms with Crippen LogP contribution in [0.5, 0.6) is 5.75 Å². The Kier molecular flexibility index (Phi) is 9.50. The van der Waals surface area contributed by atoms with Crippen LogP contribution in [0.2, 0.25) is 0 Å². The minimum Gasteiger partial charge on any atom is -0.507 e. The zero-order chi connectivity index (χ0) is 21.3. The molecule has 1 aromatic heterocycles. The van der Waals surface area contributed by atoms with E-state index in [2.05, 4.69) is 55.1 Å². The fourth-order valence-corrected chi connectivity index (χ4v) is 3.02. The highest BCUT2D eigenvalue weighted by Gasteiger charge is 2.08. The number of hydrogen-bond donors (Lipinski definition) is 1. The summed E-state index contributed by atoms with van der Waals surface area (Å²) in [5.74, 6) is 1.51. The van der Waals surface area contributed by atoms with Crippen LogP contribution in [0.25, 0.3) is 16.6 Å². The molecule has 3 rings (SSSR count). The first-order valence-corrected chi connectivity index (χ1v) is 10.3. The molecule has 0 unspecified atom stereocenters. The number of rotatable bonds is 4. The van der Waals surface area contributed by atoms with Gasteiger partial charge in [0, 0.05) is 18.5 Å². The maximum absolute atomic E-state index is 9.34. The minimum absolute atomic E-state index is 0.308. The Balaban J connectivity index is 0.000000268. The molecule has 3 aromatic rings. The Labute approximate surface area is 170 Å². The fraction of sp³-hybridized carbons (Fsp3) is 0.400. The number of aryl methyl sites for hydroxylation is 4. The van der Waals surface area contributed by atoms with Crippen molar-refractivity contribution in [3.8, 4) is 5.75 Å². The highest BCUT2D eigenvalue weighted by atomic mass is 16.3. The molecule has 1 heterocycles. The van der Waals surface area contributed by atoms with Gasteiger partial charge in [-0.15, -0.1) is 0 Å². The Morgan fingerprint density at radius 1 is 1.04 bits per heavy atom. The smallest absolute Gasteiger partial charge is 0.123 e. The fourth-order valence-electron chi connectivity index (χ4n) is 3.02. The van der Waals surface area contributed by atoms with Crippen molar-refractivity contribution in [3.05, 3.63) is 65.5 Å². The van der Waals surface area contributed by atoms with Gasteiger partial charge < -0.3 is 9.67 Å². The second-order valence-electron chi connectivity index (χ2n) is 6.83. The van der Waals surface area contributed by atoms with Crippen LogP contribution in [0.1, 0.15) is 63.6 Å². The molecule has 0 amide bonds. The topological polar surface area (TPSA) is 38.0 Å². The normalized spacial score (nSPS) is 9.96. The summed E-state index contributed by atoms with van der Waals surface area (Å²) >= 11 is 0. The molecule has 0 bridgehead atoms. The lowest BCUT2D eigenvalue weighted by molar-refractivity contribution is 0.473. The van der Waals surface area contributed by atoms with Crippen molar-refractivity contribution in [3.63, 3.8) is 0 Å². The molecule has 28 heavy (non-hydrogen) atoms. The van der Waals surface area contributed by atoms with Crippen LogP contribution in [0, 0.1) is 13.8 Å². The number of aromatic hydroxyl groups is 1. The zero-order valence-electron chi connectivity index (χ0n) is 18.6. The van der Waals surface area contributed by atoms with Gasteiger partial charge in [0.2, 0.25) is 0 Å². The molecular weight excluding hydrogens is 344 g/mol. The summed E-state index contributed by atoms with van der Waals surface area (Å²) in [5, 5.41) is 9.34. The largest absolute Gasteiger partial charge is 0.507 e. The highest BCUT2D eigenvalue weighted by molar-refractivity contribution is 5.76. The van der Waals surface area contributed by atoms with Crippen molar-refractivity contribution in [2.24, 2.45) is 0 Å². The number of allylic oxidation sites excluding steroid dienone is 1. The molecule has 3 heteroatoms. The summed E-state index contributed by atoms with van der Waals surface area (Å²) in [5.41, 5.74) is 6.60. The molecule has 3 nitrogen and oxygen atoms in total. The summed E-state index contributed by atoms with van der Waals surface area (Å²) in [6.45, 7) is 19.2. The van der Waals surface area contributed by atoms with Crippen molar-refractivity contribution in [2.45, 2.75) is 67.9 Å². The Morgan fingerprint density at radius 3 is 2.18 bits per heavy atom. The van der Waals surface area contributed by atoms with Crippen molar-refractivity contribution in [1.82, 2.24) is 9.55 Å². The summed E-state index contributed by atoms with van der Waals surface area (Å²) in [7, 11) is 0. The number of hydrogen-bond acceptors (Lipinski definition) is 2. The molecule has 1 N–H and O–H groups in total. The molecule has 0 fully saturated rings. The van der Waals surface area contributed by atoms with Crippen molar-refractivity contribution in [1.29, 1.82) is 0 Å². The van der Waals surface area contributed by atoms with E-state index in [1.807, 2.05) is 39.8 Å². The monoisotopic (exact) mass is 380 g/mol. The van der Waals surface area contributed by atoms with Gasteiger partial charge in [-0.1, -0.05) is 52.0 Å². The Hall–Kier alpha value is -2.55. The van der Waals surface area contributed by atoms with Crippen LogP contribution < -0.4 is 0 Å². The second-order valence-corrected chi connectivity index (χ2v) is 6.83. The molecule has 0 aliphatic carbocycles. The van der Waals surface area contributed by atoms with E-state index in [1.54, 1.807) is 6.07 Å². The van der Waals surface area contributed by atoms with Gasteiger partial charge >= 0.3 is 0 Å². The number of imidazole rings is 1. The summed E-state index contributed by atoms with van der Waals surface area (Å²) in [6, 6.07) is 12.0. The van der Waals surface area contributed by atoms with E-state index in [0.717, 1.165) is 41.6 Å². The van der Waals surface area contributed by atoms with Crippen molar-refractivity contribution in [2.75, 3.05) is 0 Å². The average molecular weight is 381 g/mol. The third-order valence-corrected chi connectivity index (χ3v) is 4.36. The molecule has 0 aliphatic rings. The van der Waals surface area contributed by atoms with E-state index in [1.165, 1.54) is 16.9 Å². The number of fused-ring (bicyclic) bond motifs is 1. The van der Waals surface area contributed by atoms with Gasteiger partial charge in [-0.25, -0.2) is 4.98 Å². The SMILES string of the molecule is C=C(C)c1cc(C)ccc1O.CC.CCCn1c(CC)nc2ccc(C)cc21. The van der Waals surface area contributed by atoms with Crippen LogP contribution in [-0.2, 0) is 13.0 Å². The van der Waals surface area contributed by atoms with Crippen LogP contribution in [-0.4, -0.2) is 14.7 Å². The third-order valence-electron chi connectivity index (χ3n) is 4.36. The van der Waals surface area contributed by atoms with Gasteiger partial charge in [-0.05, 0) is 62.6 Å². The molecular formula is C25H36N2O. The molecule has 0 atom stereocenters. The number of benzene rings is 2. The highest BCUT2D eigenvalue weighted by Crippen LogP contribution is 2.24. The van der Waals surface area contributed by atoms with E-state index < -0.39 is 0 Å². The van der Waals surface area contributed by atoms with E-state index in [0.29, 0.717) is 5.75 Å². The average Bonchev–Trinajstić information content (AvgIpc) is 3.03. The van der Waals surface area contributed by atoms with Gasteiger partial charge in [0.05, 0.1) is 11.0 Å². The van der Waals surface area contributed by atoms with Gasteiger partial charge in [0.1, 0.15) is 11.6 Å². The standard InChI is InChI=1S/C13H18N2.C10H12O.C2H6/c1-4-8-15-12-9-10(3)6-7-11(12)14-13(15)5-2;1-7(2)9-6-8(3)4-5-10(9)11;1-2/h6-7,9H,4-5,8H2,1-3H3;4-6,11H,1H2,2-3H3;1-2H3. The van der Waals surface area contributed by atoms with E-state index in [9.17, 15) is 5.11 Å². The number of phenolic OH excluding ortho intramolecular Hbond substituents is 1. The number of aromatic nitrogens is 2. The van der Waals surface area contributed by atoms with Gasteiger partial charge in [0.25, 0.3) is 0 Å². The zero-order valence-corrected chi connectivity index (χ0v) is 18.6. The van der Waals surface area contributed by atoms with Crippen molar-refractivity contribution >= 4 is 16.6 Å². The minimum atomic E-state index is 0.308. The Morgan fingerprint density at radius 2 is 1.64 bits per heavy atom. The molecule has 2 aromatic carbocycles. The predicted octanol–water partition coefficient (Wildman–Crippen LogP) is 7.08. The summed E-state index contributed by atoms with van der Waals surface area (Å²) < 4.78 is 2.35. The lowest BCUT2D eigenvalue weighted by atomic mass is 10.1. The van der Waals surface area contributed by atoms with Gasteiger partial charge in [-0.2, -0.15) is 0 Å². The molecule has 0 aliphatic heterocycles. The third kappa shape index (κ3) is 5.98. The first-order valence-electron chi connectivity index (χ1n) is 10.3. The predicted molar refractivity (Wildman–Crippen MR) is 123 cm³/mol. The van der Waals surface area contributed by atoms with E-state index >= 15 is 0 Å². The van der Waals surface area contributed by atoms with Gasteiger partial charge in [-0.3, -0.25) is 0 Å². The van der Waals surface area contributed by atoms with Crippen LogP contribution in [0.4, 0.5) is 0 Å². The van der Waals surface area contributed by atoms with Crippen LogP contribution in [0.15, 0.2) is 43.0 Å². The molecule has 152 valence electrons. The van der Waals surface area contributed by atoms with Gasteiger partial charge in [0.15, 0.2) is 0 Å². The number of nitrogens with zero attached hydrogens (tertiary/aromatic N) is 2. The maximum Gasteiger partial charge on any atom is 0.123 e. The molecule has 0 saturated carbocycles. The van der Waals surface area contributed by atoms with Crippen LogP contribution >= 0.6 is 0 Å². The molecule has 0 spiro atoms. The van der Waals surface area contributed by atoms with E-state index in [-0.39, 0.29) is 0 Å².